The van der Waals surface area contributed by atoms with Crippen molar-refractivity contribution in [3.63, 3.8) is 0 Å². The van der Waals surface area contributed by atoms with Crippen molar-refractivity contribution in [1.29, 1.82) is 0 Å². The van der Waals surface area contributed by atoms with Crippen LogP contribution >= 0.6 is 0 Å². The van der Waals surface area contributed by atoms with E-state index in [1.54, 1.807) is 13.1 Å². The Bertz CT molecular complexity index is 399. The summed E-state index contributed by atoms with van der Waals surface area (Å²) in [5.74, 6) is -1.51. The molecular formula is C13H20N2O4. The zero-order chi connectivity index (χ0) is 14.8. The van der Waals surface area contributed by atoms with Gasteiger partial charge in [-0.25, -0.2) is 0 Å². The Kier molecular flexibility index (Phi) is 7.95. The van der Waals surface area contributed by atoms with Gasteiger partial charge in [-0.3, -0.25) is 9.59 Å². The first kappa shape index (κ1) is 16.9. The highest BCUT2D eigenvalue weighted by Gasteiger charge is 2.13. The van der Waals surface area contributed by atoms with E-state index in [4.69, 9.17) is 15.6 Å². The van der Waals surface area contributed by atoms with Gasteiger partial charge in [0, 0.05) is 0 Å². The maximum absolute atomic E-state index is 11.0. The summed E-state index contributed by atoms with van der Waals surface area (Å²) in [7, 11) is 3.00. The van der Waals surface area contributed by atoms with Crippen LogP contribution in [0.15, 0.2) is 36.1 Å². The number of aliphatic carboxylic acids is 1. The fourth-order valence-corrected chi connectivity index (χ4v) is 1.32. The van der Waals surface area contributed by atoms with Gasteiger partial charge >= 0.3 is 5.97 Å². The maximum Gasteiger partial charge on any atom is 0.320 e. The lowest BCUT2D eigenvalue weighted by atomic mass is 10.1. The highest BCUT2D eigenvalue weighted by atomic mass is 16.5. The van der Waals surface area contributed by atoms with E-state index in [2.05, 4.69) is 11.9 Å². The third-order valence-corrected chi connectivity index (χ3v) is 2.43. The number of allylic oxidation sites excluding steroid dienone is 2. The molecule has 0 aromatic rings. The number of ether oxygens (including phenoxy) is 1. The number of methoxy groups -OCH3 is 1. The van der Waals surface area contributed by atoms with Crippen molar-refractivity contribution >= 4 is 11.9 Å². The molecular weight excluding hydrogens is 248 g/mol. The fraction of sp³-hybridized carbons (Fsp3) is 0.385. The summed E-state index contributed by atoms with van der Waals surface area (Å²) in [5.41, 5.74) is 6.05. The molecule has 0 unspecified atom stereocenters. The van der Waals surface area contributed by atoms with Crippen LogP contribution in [0.4, 0.5) is 0 Å². The van der Waals surface area contributed by atoms with E-state index in [9.17, 15) is 9.59 Å². The van der Waals surface area contributed by atoms with Crippen molar-refractivity contribution < 1.29 is 19.4 Å². The first-order valence-corrected chi connectivity index (χ1v) is 5.71. The molecule has 0 aliphatic carbocycles. The summed E-state index contributed by atoms with van der Waals surface area (Å²) in [6.07, 6.45) is 5.25. The minimum atomic E-state index is -0.906. The number of nitrogens with one attached hydrogen (secondary N) is 1. The normalized spacial score (nSPS) is 13.3. The van der Waals surface area contributed by atoms with Crippen LogP contribution in [0.3, 0.4) is 0 Å². The molecule has 19 heavy (non-hydrogen) atoms. The molecule has 0 saturated carbocycles. The number of likely N-dealkylation sites (N-methyl/N-ethyl adjacent to an activating group) is 1. The Hall–Kier alpha value is -2.08. The van der Waals surface area contributed by atoms with Crippen molar-refractivity contribution in [2.24, 2.45) is 5.73 Å². The quantitative estimate of drug-likeness (QED) is 0.322. The minimum Gasteiger partial charge on any atom is -0.504 e. The molecule has 6 heteroatoms. The largest absolute Gasteiger partial charge is 0.504 e. The zero-order valence-corrected chi connectivity index (χ0v) is 11.2. The Morgan fingerprint density at radius 1 is 1.47 bits per heavy atom. The summed E-state index contributed by atoms with van der Waals surface area (Å²) < 4.78 is 4.71. The molecule has 0 spiro atoms. The smallest absolute Gasteiger partial charge is 0.320 e. The number of carboxylic acids is 1. The van der Waals surface area contributed by atoms with E-state index in [1.807, 2.05) is 0 Å². The first-order valence-electron chi connectivity index (χ1n) is 5.71. The summed E-state index contributed by atoms with van der Waals surface area (Å²) in [4.78, 5) is 21.8. The molecule has 0 rings (SSSR count). The van der Waals surface area contributed by atoms with E-state index in [-0.39, 0.29) is 5.57 Å². The van der Waals surface area contributed by atoms with Crippen LogP contribution in [0.25, 0.3) is 0 Å². The van der Waals surface area contributed by atoms with Crippen molar-refractivity contribution in [1.82, 2.24) is 5.32 Å². The van der Waals surface area contributed by atoms with Gasteiger partial charge < -0.3 is 20.9 Å². The van der Waals surface area contributed by atoms with E-state index >= 15 is 0 Å². The number of amides is 1. The van der Waals surface area contributed by atoms with Gasteiger partial charge in [0.15, 0.2) is 0 Å². The lowest BCUT2D eigenvalue weighted by Crippen LogP contribution is -2.33. The highest BCUT2D eigenvalue weighted by Crippen LogP contribution is 2.09. The van der Waals surface area contributed by atoms with Crippen LogP contribution in [-0.2, 0) is 14.3 Å². The van der Waals surface area contributed by atoms with Gasteiger partial charge in [-0.2, -0.15) is 0 Å². The molecule has 0 saturated heterocycles. The average Bonchev–Trinajstić information content (AvgIpc) is 2.34. The van der Waals surface area contributed by atoms with Crippen molar-refractivity contribution in [2.75, 3.05) is 14.2 Å². The highest BCUT2D eigenvalue weighted by molar-refractivity contribution is 5.94. The predicted molar refractivity (Wildman–Crippen MR) is 72.3 cm³/mol. The molecule has 1 atom stereocenters. The van der Waals surface area contributed by atoms with Crippen molar-refractivity contribution in [2.45, 2.75) is 18.9 Å². The van der Waals surface area contributed by atoms with Gasteiger partial charge in [-0.05, 0) is 26.0 Å². The molecule has 0 aliphatic heterocycles. The molecule has 0 radical (unpaired) electrons. The predicted octanol–water partition coefficient (Wildman–Crippen LogP) is 0.567. The minimum absolute atomic E-state index is 0.215. The second-order valence-electron chi connectivity index (χ2n) is 3.88. The number of carboxylic acid groups (broad SMARTS) is 1. The van der Waals surface area contributed by atoms with Crippen LogP contribution in [0.5, 0.6) is 0 Å². The lowest BCUT2D eigenvalue weighted by molar-refractivity contribution is -0.139. The molecule has 0 heterocycles. The van der Waals surface area contributed by atoms with E-state index in [0.29, 0.717) is 18.4 Å². The van der Waals surface area contributed by atoms with Gasteiger partial charge in [0.25, 0.3) is 5.91 Å². The summed E-state index contributed by atoms with van der Waals surface area (Å²) in [6, 6.07) is -0.615. The fourth-order valence-electron chi connectivity index (χ4n) is 1.32. The van der Waals surface area contributed by atoms with Gasteiger partial charge in [0.05, 0.1) is 18.9 Å². The third kappa shape index (κ3) is 7.05. The summed E-state index contributed by atoms with van der Waals surface area (Å²) in [5, 5.41) is 11.5. The Labute approximate surface area is 112 Å². The SMILES string of the molecule is C=C(/C=C\C(=C\OC)C(N)=O)CC[C@@H](NC)C(=O)O. The summed E-state index contributed by atoms with van der Waals surface area (Å²) in [6.45, 7) is 3.78. The molecule has 4 N–H and O–H groups in total. The molecule has 0 aromatic heterocycles. The zero-order valence-electron chi connectivity index (χ0n) is 11.2. The van der Waals surface area contributed by atoms with Crippen LogP contribution in [-0.4, -0.2) is 37.2 Å². The van der Waals surface area contributed by atoms with Crippen LogP contribution < -0.4 is 11.1 Å². The average molecular weight is 268 g/mol. The van der Waals surface area contributed by atoms with Gasteiger partial charge in [-0.1, -0.05) is 18.2 Å². The monoisotopic (exact) mass is 268 g/mol. The van der Waals surface area contributed by atoms with Crippen LogP contribution in [0.1, 0.15) is 12.8 Å². The number of hydrogen-bond donors (Lipinski definition) is 3. The Morgan fingerprint density at radius 3 is 2.53 bits per heavy atom. The topological polar surface area (TPSA) is 102 Å². The maximum atomic E-state index is 11.0. The molecule has 6 nitrogen and oxygen atoms in total. The number of hydrogen-bond acceptors (Lipinski definition) is 4. The standard InChI is InChI=1S/C13H20N2O4/c1-9(5-7-11(15-2)13(17)18)4-6-10(8-19-3)12(14)16/h4,6,8,11,15H,1,5,7H2,2-3H3,(H2,14,16)(H,17,18)/b6-4-,10-8-/t11-/m1/s1. The second kappa shape index (κ2) is 8.93. The summed E-state index contributed by atoms with van der Waals surface area (Å²) >= 11 is 0. The van der Waals surface area contributed by atoms with E-state index in [0.717, 1.165) is 0 Å². The van der Waals surface area contributed by atoms with Crippen molar-refractivity contribution in [3.8, 4) is 0 Å². The first-order chi connectivity index (χ1) is 8.92. The Morgan fingerprint density at radius 2 is 2.11 bits per heavy atom. The molecule has 0 aliphatic rings. The third-order valence-electron chi connectivity index (χ3n) is 2.43. The lowest BCUT2D eigenvalue weighted by Gasteiger charge is -2.10. The molecule has 0 bridgehead atoms. The Balaban J connectivity index is 4.42. The van der Waals surface area contributed by atoms with Crippen LogP contribution in [0.2, 0.25) is 0 Å². The number of rotatable bonds is 9. The molecule has 0 aromatic carbocycles. The molecule has 106 valence electrons. The number of nitrogens with two attached hydrogens (primary N) is 1. The van der Waals surface area contributed by atoms with E-state index < -0.39 is 17.9 Å². The number of primary amides is 1. The molecule has 1 amide bonds. The van der Waals surface area contributed by atoms with Gasteiger partial charge in [0.2, 0.25) is 0 Å². The number of carbonyl (C=O) groups is 2. The second-order valence-corrected chi connectivity index (χ2v) is 3.88. The van der Waals surface area contributed by atoms with Crippen molar-refractivity contribution in [3.05, 3.63) is 36.1 Å². The van der Waals surface area contributed by atoms with E-state index in [1.165, 1.54) is 19.4 Å². The molecule has 0 fully saturated rings. The van der Waals surface area contributed by atoms with Gasteiger partial charge in [0.1, 0.15) is 6.04 Å². The van der Waals surface area contributed by atoms with Gasteiger partial charge in [-0.15, -0.1) is 0 Å². The number of carbonyl (C=O) groups excluding carboxylic acids is 1. The van der Waals surface area contributed by atoms with Crippen LogP contribution in [0, 0.1) is 0 Å².